The number of amides is 1. The molecule has 0 saturated heterocycles. The fourth-order valence-corrected chi connectivity index (χ4v) is 1.50. The molecule has 1 amide bonds. The monoisotopic (exact) mass is 206 g/mol. The molecular weight excluding hydrogens is 198 g/mol. The zero-order chi connectivity index (χ0) is 11.0. The van der Waals surface area contributed by atoms with Crippen molar-refractivity contribution < 1.29 is 19.1 Å². The second kappa shape index (κ2) is 3.34. The highest BCUT2D eigenvalue weighted by atomic mass is 16.5. The Morgan fingerprint density at radius 3 is 2.67 bits per heavy atom. The van der Waals surface area contributed by atoms with Crippen molar-refractivity contribution in [1.29, 1.82) is 0 Å². The molecule has 2 rings (SSSR count). The average molecular weight is 206 g/mol. The molecule has 0 aromatic heterocycles. The van der Waals surface area contributed by atoms with Gasteiger partial charge in [-0.2, -0.15) is 0 Å². The molecule has 77 valence electrons. The SMILES string of the molecule is CC(=O)N1C=CC(=O)[C]1C1OC=CC1=O. The van der Waals surface area contributed by atoms with Gasteiger partial charge < -0.3 is 4.74 Å². The van der Waals surface area contributed by atoms with Crippen molar-refractivity contribution in [2.45, 2.75) is 13.0 Å². The van der Waals surface area contributed by atoms with Crippen molar-refractivity contribution in [1.82, 2.24) is 4.90 Å². The molecule has 1 atom stereocenters. The summed E-state index contributed by atoms with van der Waals surface area (Å²) in [5, 5.41) is 0. The Morgan fingerprint density at radius 1 is 1.40 bits per heavy atom. The minimum atomic E-state index is -0.976. The van der Waals surface area contributed by atoms with Crippen molar-refractivity contribution >= 4 is 17.5 Å². The Balaban J connectivity index is 2.24. The van der Waals surface area contributed by atoms with Crippen molar-refractivity contribution in [3.05, 3.63) is 30.7 Å². The molecular formula is C10H8NO4. The molecule has 2 heterocycles. The first-order valence-electron chi connectivity index (χ1n) is 4.36. The van der Waals surface area contributed by atoms with Crippen LogP contribution in [0, 0.1) is 6.04 Å². The number of carbonyl (C=O) groups excluding carboxylic acids is 3. The molecule has 1 radical (unpaired) electrons. The maximum Gasteiger partial charge on any atom is 0.224 e. The summed E-state index contributed by atoms with van der Waals surface area (Å²) in [5.41, 5.74) is 0. The van der Waals surface area contributed by atoms with E-state index in [9.17, 15) is 14.4 Å². The molecule has 0 fully saturated rings. The van der Waals surface area contributed by atoms with Crippen LogP contribution in [-0.4, -0.2) is 28.5 Å². The van der Waals surface area contributed by atoms with E-state index in [4.69, 9.17) is 4.74 Å². The second-order valence-corrected chi connectivity index (χ2v) is 3.18. The van der Waals surface area contributed by atoms with Crippen LogP contribution >= 0.6 is 0 Å². The lowest BCUT2D eigenvalue weighted by molar-refractivity contribution is -0.132. The Labute approximate surface area is 86.0 Å². The number of ether oxygens (including phenoxy) is 1. The largest absolute Gasteiger partial charge is 0.487 e. The van der Waals surface area contributed by atoms with Crippen molar-refractivity contribution in [2.24, 2.45) is 0 Å². The summed E-state index contributed by atoms with van der Waals surface area (Å²) in [7, 11) is 0. The number of nitrogens with zero attached hydrogens (tertiary/aromatic N) is 1. The topological polar surface area (TPSA) is 63.7 Å². The third kappa shape index (κ3) is 1.45. The van der Waals surface area contributed by atoms with E-state index in [0.717, 1.165) is 4.90 Å². The Hall–Kier alpha value is -1.91. The molecule has 5 heteroatoms. The molecule has 0 bridgehead atoms. The van der Waals surface area contributed by atoms with E-state index in [1.165, 1.54) is 31.5 Å². The molecule has 0 saturated carbocycles. The minimum Gasteiger partial charge on any atom is -0.487 e. The summed E-state index contributed by atoms with van der Waals surface area (Å²) in [6.45, 7) is 1.32. The molecule has 2 aliphatic heterocycles. The number of rotatable bonds is 1. The number of ketones is 2. The van der Waals surface area contributed by atoms with E-state index in [-0.39, 0.29) is 23.5 Å². The first-order valence-corrected chi connectivity index (χ1v) is 4.36. The van der Waals surface area contributed by atoms with Gasteiger partial charge in [0.15, 0.2) is 17.9 Å². The third-order valence-corrected chi connectivity index (χ3v) is 2.18. The Bertz CT molecular complexity index is 396. The number of carbonyl (C=O) groups is 3. The Morgan fingerprint density at radius 2 is 2.13 bits per heavy atom. The van der Waals surface area contributed by atoms with E-state index in [1.807, 2.05) is 0 Å². The smallest absolute Gasteiger partial charge is 0.224 e. The lowest BCUT2D eigenvalue weighted by Crippen LogP contribution is -2.40. The van der Waals surface area contributed by atoms with Crippen molar-refractivity contribution in [2.75, 3.05) is 0 Å². The predicted octanol–water partition coefficient (Wildman–Crippen LogP) is -0.0551. The van der Waals surface area contributed by atoms with Crippen LogP contribution in [0.1, 0.15) is 6.92 Å². The summed E-state index contributed by atoms with van der Waals surface area (Å²) in [4.78, 5) is 35.1. The minimum absolute atomic E-state index is 0.0671. The zero-order valence-electron chi connectivity index (χ0n) is 7.97. The highest BCUT2D eigenvalue weighted by Crippen LogP contribution is 2.27. The fourth-order valence-electron chi connectivity index (χ4n) is 1.50. The lowest BCUT2D eigenvalue weighted by atomic mass is 10.0. The predicted molar refractivity (Wildman–Crippen MR) is 48.9 cm³/mol. The molecule has 0 aromatic rings. The van der Waals surface area contributed by atoms with E-state index in [2.05, 4.69) is 0 Å². The first-order chi connectivity index (χ1) is 7.11. The summed E-state index contributed by atoms with van der Waals surface area (Å²) < 4.78 is 4.98. The molecule has 0 spiro atoms. The summed E-state index contributed by atoms with van der Waals surface area (Å²) >= 11 is 0. The van der Waals surface area contributed by atoms with Gasteiger partial charge in [-0.1, -0.05) is 0 Å². The summed E-state index contributed by atoms with van der Waals surface area (Å²) in [5.74, 6) is -1.02. The van der Waals surface area contributed by atoms with Crippen LogP contribution in [0.2, 0.25) is 0 Å². The van der Waals surface area contributed by atoms with Gasteiger partial charge in [-0.05, 0) is 0 Å². The number of hydrogen-bond acceptors (Lipinski definition) is 4. The normalized spacial score (nSPS) is 25.1. The van der Waals surface area contributed by atoms with Gasteiger partial charge in [0.1, 0.15) is 0 Å². The average Bonchev–Trinajstić information content (AvgIpc) is 2.71. The van der Waals surface area contributed by atoms with Gasteiger partial charge in [0.05, 0.1) is 6.26 Å². The highest BCUT2D eigenvalue weighted by molar-refractivity contribution is 6.12. The standard InChI is InChI=1S/C10H8NO4/c1-6(12)11-4-2-7(13)9(11)10-8(14)3-5-15-10/h2-5,10H,1H3. The van der Waals surface area contributed by atoms with Crippen LogP contribution in [0.4, 0.5) is 0 Å². The molecule has 5 nitrogen and oxygen atoms in total. The van der Waals surface area contributed by atoms with Crippen LogP contribution in [-0.2, 0) is 19.1 Å². The fraction of sp³-hybridized carbons (Fsp3) is 0.200. The van der Waals surface area contributed by atoms with Gasteiger partial charge in [-0.3, -0.25) is 19.3 Å². The van der Waals surface area contributed by atoms with E-state index in [1.54, 1.807) is 0 Å². The second-order valence-electron chi connectivity index (χ2n) is 3.18. The van der Waals surface area contributed by atoms with Crippen LogP contribution in [0.5, 0.6) is 0 Å². The maximum atomic E-state index is 11.4. The van der Waals surface area contributed by atoms with Crippen LogP contribution in [0.3, 0.4) is 0 Å². The molecule has 2 aliphatic rings. The zero-order valence-corrected chi connectivity index (χ0v) is 7.97. The van der Waals surface area contributed by atoms with Gasteiger partial charge in [-0.15, -0.1) is 0 Å². The van der Waals surface area contributed by atoms with Gasteiger partial charge >= 0.3 is 0 Å². The molecule has 1 unspecified atom stereocenters. The van der Waals surface area contributed by atoms with Gasteiger partial charge in [-0.25, -0.2) is 0 Å². The van der Waals surface area contributed by atoms with Gasteiger partial charge in [0.25, 0.3) is 0 Å². The van der Waals surface area contributed by atoms with Crippen LogP contribution in [0.25, 0.3) is 0 Å². The quantitative estimate of drug-likeness (QED) is 0.603. The first kappa shape index (κ1) is 9.64. The summed E-state index contributed by atoms with van der Waals surface area (Å²) in [6.07, 6.45) is 4.07. The molecule has 0 aromatic carbocycles. The van der Waals surface area contributed by atoms with Gasteiger partial charge in [0.2, 0.25) is 11.7 Å². The van der Waals surface area contributed by atoms with Crippen molar-refractivity contribution in [3.8, 4) is 0 Å². The van der Waals surface area contributed by atoms with Crippen molar-refractivity contribution in [3.63, 3.8) is 0 Å². The number of hydrogen-bond donors (Lipinski definition) is 0. The molecule has 0 N–H and O–H groups in total. The van der Waals surface area contributed by atoms with Gasteiger partial charge in [0, 0.05) is 25.3 Å². The third-order valence-electron chi connectivity index (χ3n) is 2.18. The van der Waals surface area contributed by atoms with Crippen LogP contribution in [0.15, 0.2) is 24.6 Å². The van der Waals surface area contributed by atoms with E-state index < -0.39 is 6.10 Å². The molecule has 0 aliphatic carbocycles. The lowest BCUT2D eigenvalue weighted by Gasteiger charge is -2.23. The van der Waals surface area contributed by atoms with E-state index >= 15 is 0 Å². The highest BCUT2D eigenvalue weighted by Gasteiger charge is 2.43. The Kier molecular flexibility index (Phi) is 2.15. The maximum absolute atomic E-state index is 11.4. The van der Waals surface area contributed by atoms with Crippen LogP contribution < -0.4 is 0 Å². The summed E-state index contributed by atoms with van der Waals surface area (Å²) in [6, 6.07) is 0.0671. The molecule has 15 heavy (non-hydrogen) atoms. The van der Waals surface area contributed by atoms with E-state index in [0.29, 0.717) is 0 Å².